The van der Waals surface area contributed by atoms with E-state index in [1.807, 2.05) is 25.1 Å². The van der Waals surface area contributed by atoms with Crippen molar-refractivity contribution in [2.75, 3.05) is 6.54 Å². The van der Waals surface area contributed by atoms with Crippen LogP contribution in [-0.4, -0.2) is 23.8 Å². The van der Waals surface area contributed by atoms with E-state index in [0.717, 1.165) is 18.5 Å². The van der Waals surface area contributed by atoms with E-state index in [0.29, 0.717) is 6.04 Å². The monoisotopic (exact) mass is 219 g/mol. The van der Waals surface area contributed by atoms with Crippen molar-refractivity contribution in [3.8, 4) is 0 Å². The van der Waals surface area contributed by atoms with Crippen molar-refractivity contribution in [2.24, 2.45) is 0 Å². The maximum Gasteiger partial charge on any atom is 0.0526 e. The molecule has 1 aromatic rings. The van der Waals surface area contributed by atoms with Gasteiger partial charge in [0.15, 0.2) is 0 Å². The molecule has 0 amide bonds. The lowest BCUT2D eigenvalue weighted by atomic mass is 10.1. The largest absolute Gasteiger partial charge is 0.393 e. The highest BCUT2D eigenvalue weighted by Crippen LogP contribution is 2.10. The van der Waals surface area contributed by atoms with Crippen molar-refractivity contribution in [2.45, 2.75) is 32.4 Å². The third-order valence-electron chi connectivity index (χ3n) is 2.54. The Morgan fingerprint density at radius 1 is 1.31 bits per heavy atom. The molecular weight excluding hydrogens is 198 g/mol. The Balaban J connectivity index is 2.36. The molecule has 1 rings (SSSR count). The predicted octanol–water partition coefficient (Wildman–Crippen LogP) is 2.45. The molecule has 0 fully saturated rings. The number of benzene rings is 1. The van der Waals surface area contributed by atoms with Crippen LogP contribution in [0.3, 0.4) is 0 Å². The fourth-order valence-corrected chi connectivity index (χ4v) is 1.67. The molecule has 2 N–H and O–H groups in total. The van der Waals surface area contributed by atoms with Gasteiger partial charge in [0.25, 0.3) is 0 Å². The van der Waals surface area contributed by atoms with E-state index in [1.165, 1.54) is 5.56 Å². The minimum Gasteiger partial charge on any atom is -0.393 e. The predicted molar refractivity (Wildman–Crippen MR) is 69.2 cm³/mol. The van der Waals surface area contributed by atoms with Gasteiger partial charge in [-0.25, -0.2) is 0 Å². The van der Waals surface area contributed by atoms with Crippen LogP contribution in [0.2, 0.25) is 0 Å². The Morgan fingerprint density at radius 3 is 2.50 bits per heavy atom. The molecule has 0 aliphatic rings. The molecule has 0 aliphatic carbocycles. The van der Waals surface area contributed by atoms with Crippen molar-refractivity contribution in [3.63, 3.8) is 0 Å². The fraction of sp³-hybridized carbons (Fsp3) is 0.429. The zero-order valence-electron chi connectivity index (χ0n) is 10.1. The summed E-state index contributed by atoms with van der Waals surface area (Å²) in [5, 5.41) is 12.6. The molecule has 2 nitrogen and oxygen atoms in total. The lowest BCUT2D eigenvalue weighted by Gasteiger charge is -2.16. The van der Waals surface area contributed by atoms with Crippen LogP contribution in [-0.2, 0) is 0 Å². The van der Waals surface area contributed by atoms with E-state index < -0.39 is 0 Å². The highest BCUT2D eigenvalue weighted by Gasteiger charge is 2.06. The van der Waals surface area contributed by atoms with Crippen LogP contribution in [0.4, 0.5) is 0 Å². The van der Waals surface area contributed by atoms with Crippen molar-refractivity contribution in [1.29, 1.82) is 0 Å². The quantitative estimate of drug-likeness (QED) is 0.770. The summed E-state index contributed by atoms with van der Waals surface area (Å²) in [5.74, 6) is 0. The maximum absolute atomic E-state index is 9.24. The van der Waals surface area contributed by atoms with Crippen molar-refractivity contribution in [3.05, 3.63) is 42.5 Å². The zero-order chi connectivity index (χ0) is 12.0. The van der Waals surface area contributed by atoms with Crippen molar-refractivity contribution in [1.82, 2.24) is 5.32 Å². The first-order valence-corrected chi connectivity index (χ1v) is 5.74. The second-order valence-electron chi connectivity index (χ2n) is 4.34. The van der Waals surface area contributed by atoms with E-state index in [2.05, 4.69) is 31.0 Å². The fourth-order valence-electron chi connectivity index (χ4n) is 1.67. The SMILES string of the molecule is C=C(CNC(C)CC(C)O)c1ccccc1. The minimum atomic E-state index is -0.257. The van der Waals surface area contributed by atoms with Gasteiger partial charge in [-0.2, -0.15) is 0 Å². The van der Waals surface area contributed by atoms with Gasteiger partial charge in [-0.15, -0.1) is 0 Å². The Hall–Kier alpha value is -1.12. The van der Waals surface area contributed by atoms with E-state index in [-0.39, 0.29) is 6.10 Å². The van der Waals surface area contributed by atoms with Gasteiger partial charge in [0.2, 0.25) is 0 Å². The molecule has 0 bridgehead atoms. The van der Waals surface area contributed by atoms with Gasteiger partial charge in [-0.1, -0.05) is 36.9 Å². The third-order valence-corrected chi connectivity index (χ3v) is 2.54. The molecule has 0 heterocycles. The second-order valence-corrected chi connectivity index (χ2v) is 4.34. The Labute approximate surface area is 98.0 Å². The van der Waals surface area contributed by atoms with Gasteiger partial charge in [0.1, 0.15) is 0 Å². The van der Waals surface area contributed by atoms with Crippen LogP contribution in [0.1, 0.15) is 25.8 Å². The van der Waals surface area contributed by atoms with Crippen LogP contribution in [0.15, 0.2) is 36.9 Å². The van der Waals surface area contributed by atoms with Gasteiger partial charge >= 0.3 is 0 Å². The number of hydrogen-bond donors (Lipinski definition) is 2. The Kier molecular flexibility index (Phi) is 5.23. The first-order valence-electron chi connectivity index (χ1n) is 5.74. The highest BCUT2D eigenvalue weighted by molar-refractivity contribution is 5.64. The van der Waals surface area contributed by atoms with Gasteiger partial charge in [-0.3, -0.25) is 0 Å². The number of nitrogens with one attached hydrogen (secondary N) is 1. The number of rotatable bonds is 6. The zero-order valence-corrected chi connectivity index (χ0v) is 10.1. The van der Waals surface area contributed by atoms with E-state index in [1.54, 1.807) is 0 Å². The topological polar surface area (TPSA) is 32.3 Å². The molecule has 2 atom stereocenters. The lowest BCUT2D eigenvalue weighted by Crippen LogP contribution is -2.30. The Bertz CT molecular complexity index is 319. The summed E-state index contributed by atoms with van der Waals surface area (Å²) in [5.41, 5.74) is 2.25. The van der Waals surface area contributed by atoms with E-state index in [4.69, 9.17) is 0 Å². The van der Waals surface area contributed by atoms with Crippen LogP contribution in [0.5, 0.6) is 0 Å². The van der Waals surface area contributed by atoms with Gasteiger partial charge < -0.3 is 10.4 Å². The van der Waals surface area contributed by atoms with Crippen LogP contribution in [0.25, 0.3) is 5.57 Å². The number of aliphatic hydroxyl groups is 1. The molecule has 1 aromatic carbocycles. The van der Waals surface area contributed by atoms with Gasteiger partial charge in [0.05, 0.1) is 6.10 Å². The summed E-state index contributed by atoms with van der Waals surface area (Å²) in [6, 6.07) is 10.5. The molecular formula is C14H21NO. The van der Waals surface area contributed by atoms with E-state index in [9.17, 15) is 5.11 Å². The summed E-state index contributed by atoms with van der Waals surface area (Å²) in [6.45, 7) is 8.70. The minimum absolute atomic E-state index is 0.257. The Morgan fingerprint density at radius 2 is 1.94 bits per heavy atom. The molecule has 0 aromatic heterocycles. The van der Waals surface area contributed by atoms with Gasteiger partial charge in [0, 0.05) is 12.6 Å². The average molecular weight is 219 g/mol. The third kappa shape index (κ3) is 4.60. The first kappa shape index (κ1) is 12.9. The van der Waals surface area contributed by atoms with Crippen molar-refractivity contribution < 1.29 is 5.11 Å². The highest BCUT2D eigenvalue weighted by atomic mass is 16.3. The molecule has 0 spiro atoms. The molecule has 0 saturated heterocycles. The molecule has 0 radical (unpaired) electrons. The summed E-state index contributed by atoms with van der Waals surface area (Å²) >= 11 is 0. The molecule has 16 heavy (non-hydrogen) atoms. The van der Waals surface area contributed by atoms with Crippen molar-refractivity contribution >= 4 is 5.57 Å². The first-order chi connectivity index (χ1) is 7.59. The standard InChI is InChI=1S/C14H21NO/c1-11(14-7-5-4-6-8-14)10-15-12(2)9-13(3)16/h4-8,12-13,15-16H,1,9-10H2,2-3H3. The molecule has 2 heteroatoms. The summed E-state index contributed by atoms with van der Waals surface area (Å²) in [6.07, 6.45) is 0.509. The normalized spacial score (nSPS) is 14.4. The van der Waals surface area contributed by atoms with E-state index >= 15 is 0 Å². The summed E-state index contributed by atoms with van der Waals surface area (Å²) in [4.78, 5) is 0. The number of hydrogen-bond acceptors (Lipinski definition) is 2. The van der Waals surface area contributed by atoms with Gasteiger partial charge in [-0.05, 0) is 31.4 Å². The van der Waals surface area contributed by atoms with Crippen LogP contribution < -0.4 is 5.32 Å². The smallest absolute Gasteiger partial charge is 0.0526 e. The van der Waals surface area contributed by atoms with Crippen LogP contribution >= 0.6 is 0 Å². The molecule has 2 unspecified atom stereocenters. The lowest BCUT2D eigenvalue weighted by molar-refractivity contribution is 0.171. The second kappa shape index (κ2) is 6.46. The number of aliphatic hydroxyl groups excluding tert-OH is 1. The summed E-state index contributed by atoms with van der Waals surface area (Å²) < 4.78 is 0. The molecule has 0 aliphatic heterocycles. The average Bonchev–Trinajstić information content (AvgIpc) is 2.26. The molecule has 88 valence electrons. The van der Waals surface area contributed by atoms with Crippen LogP contribution in [0, 0.1) is 0 Å². The molecule has 0 saturated carbocycles. The maximum atomic E-state index is 9.24. The summed E-state index contributed by atoms with van der Waals surface area (Å²) in [7, 11) is 0.